The van der Waals surface area contributed by atoms with Crippen LogP contribution in [0.2, 0.25) is 0 Å². The third kappa shape index (κ3) is 4.45. The minimum atomic E-state index is 0.784. The maximum atomic E-state index is 3.89. The topological polar surface area (TPSA) is 15.3 Å². The largest absolute Gasteiger partial charge is 0.312 e. The van der Waals surface area contributed by atoms with Crippen LogP contribution in [0.5, 0.6) is 0 Å². The van der Waals surface area contributed by atoms with Crippen molar-refractivity contribution >= 4 is 0 Å². The molecule has 3 rings (SSSR count). The summed E-state index contributed by atoms with van der Waals surface area (Å²) in [6, 6.07) is 0.784. The fraction of sp³-hybridized carbons (Fsp3) is 1.00. The molecular weight excluding hydrogens is 256 g/mol. The standard InChI is InChI=1S/C19H36N2/c1-16-8-5-6-11-18(16)14-21-13-7-12-20-19(15-21)17-9-3-2-4-10-17/h16-20H,2-15H2,1H3. The highest BCUT2D eigenvalue weighted by Crippen LogP contribution is 2.31. The third-order valence-electron chi connectivity index (χ3n) is 6.51. The Morgan fingerprint density at radius 2 is 1.67 bits per heavy atom. The predicted octanol–water partition coefficient (Wildman–Crippen LogP) is 4.06. The first-order chi connectivity index (χ1) is 10.3. The van der Waals surface area contributed by atoms with Crippen LogP contribution in [0.25, 0.3) is 0 Å². The van der Waals surface area contributed by atoms with Crippen LogP contribution in [0.3, 0.4) is 0 Å². The molecule has 3 aliphatic rings. The van der Waals surface area contributed by atoms with Crippen LogP contribution in [0.15, 0.2) is 0 Å². The summed E-state index contributed by atoms with van der Waals surface area (Å²) in [5.74, 6) is 2.90. The second-order valence-electron chi connectivity index (χ2n) is 8.09. The molecule has 0 aromatic rings. The molecule has 1 heterocycles. The average Bonchev–Trinajstić information content (AvgIpc) is 2.76. The Balaban J connectivity index is 1.54. The van der Waals surface area contributed by atoms with E-state index in [1.807, 2.05) is 0 Å². The van der Waals surface area contributed by atoms with Gasteiger partial charge >= 0.3 is 0 Å². The highest BCUT2D eigenvalue weighted by Gasteiger charge is 2.29. The monoisotopic (exact) mass is 292 g/mol. The molecule has 0 spiro atoms. The van der Waals surface area contributed by atoms with Gasteiger partial charge in [-0.25, -0.2) is 0 Å². The van der Waals surface area contributed by atoms with E-state index in [2.05, 4.69) is 17.1 Å². The zero-order valence-corrected chi connectivity index (χ0v) is 14.2. The lowest BCUT2D eigenvalue weighted by atomic mass is 9.80. The minimum absolute atomic E-state index is 0.784. The van der Waals surface area contributed by atoms with Crippen LogP contribution in [-0.4, -0.2) is 37.1 Å². The molecule has 2 saturated carbocycles. The molecule has 0 aromatic carbocycles. The molecule has 1 aliphatic heterocycles. The average molecular weight is 293 g/mol. The van der Waals surface area contributed by atoms with E-state index in [4.69, 9.17) is 0 Å². The van der Waals surface area contributed by atoms with Gasteiger partial charge in [0.15, 0.2) is 0 Å². The molecule has 0 bridgehead atoms. The van der Waals surface area contributed by atoms with Crippen LogP contribution in [0.4, 0.5) is 0 Å². The third-order valence-corrected chi connectivity index (χ3v) is 6.51. The van der Waals surface area contributed by atoms with Gasteiger partial charge in [0.05, 0.1) is 0 Å². The lowest BCUT2D eigenvalue weighted by Crippen LogP contribution is -2.45. The first-order valence-electron chi connectivity index (χ1n) is 9.78. The summed E-state index contributed by atoms with van der Waals surface area (Å²) in [5, 5.41) is 3.89. The Morgan fingerprint density at radius 3 is 2.48 bits per heavy atom. The van der Waals surface area contributed by atoms with Crippen LogP contribution in [0, 0.1) is 17.8 Å². The van der Waals surface area contributed by atoms with Gasteiger partial charge in [0.25, 0.3) is 0 Å². The highest BCUT2D eigenvalue weighted by molar-refractivity contribution is 4.86. The van der Waals surface area contributed by atoms with Gasteiger partial charge in [0.1, 0.15) is 0 Å². The van der Waals surface area contributed by atoms with E-state index in [0.29, 0.717) is 0 Å². The second kappa shape index (κ2) is 7.97. The van der Waals surface area contributed by atoms with E-state index in [-0.39, 0.29) is 0 Å². The number of rotatable bonds is 3. The number of nitrogens with one attached hydrogen (secondary N) is 1. The van der Waals surface area contributed by atoms with Gasteiger partial charge in [-0.2, -0.15) is 0 Å². The molecule has 2 aliphatic carbocycles. The van der Waals surface area contributed by atoms with E-state index in [9.17, 15) is 0 Å². The van der Waals surface area contributed by atoms with Crippen LogP contribution in [-0.2, 0) is 0 Å². The zero-order chi connectivity index (χ0) is 14.5. The van der Waals surface area contributed by atoms with Gasteiger partial charge in [-0.15, -0.1) is 0 Å². The molecule has 3 atom stereocenters. The van der Waals surface area contributed by atoms with Crippen molar-refractivity contribution in [1.29, 1.82) is 0 Å². The lowest BCUT2D eigenvalue weighted by molar-refractivity contribution is 0.143. The van der Waals surface area contributed by atoms with Gasteiger partial charge in [0, 0.05) is 19.1 Å². The Morgan fingerprint density at radius 1 is 0.905 bits per heavy atom. The summed E-state index contributed by atoms with van der Waals surface area (Å²) in [5.41, 5.74) is 0. The van der Waals surface area contributed by atoms with E-state index >= 15 is 0 Å². The Bertz CT molecular complexity index is 298. The van der Waals surface area contributed by atoms with Crippen molar-refractivity contribution in [3.8, 4) is 0 Å². The van der Waals surface area contributed by atoms with Gasteiger partial charge in [-0.05, 0) is 56.5 Å². The molecule has 0 aromatic heterocycles. The number of hydrogen-bond acceptors (Lipinski definition) is 2. The lowest BCUT2D eigenvalue weighted by Gasteiger charge is -2.36. The van der Waals surface area contributed by atoms with E-state index in [1.54, 1.807) is 0 Å². The summed E-state index contributed by atoms with van der Waals surface area (Å²) in [7, 11) is 0. The van der Waals surface area contributed by atoms with Crippen LogP contribution >= 0.6 is 0 Å². The zero-order valence-electron chi connectivity index (χ0n) is 14.2. The van der Waals surface area contributed by atoms with Crippen molar-refractivity contribution in [2.24, 2.45) is 17.8 Å². The summed E-state index contributed by atoms with van der Waals surface area (Å²) in [4.78, 5) is 2.83. The van der Waals surface area contributed by atoms with Gasteiger partial charge in [0.2, 0.25) is 0 Å². The number of hydrogen-bond donors (Lipinski definition) is 1. The number of nitrogens with zero attached hydrogens (tertiary/aromatic N) is 1. The fourth-order valence-corrected chi connectivity index (χ4v) is 5.04. The molecule has 1 saturated heterocycles. The van der Waals surface area contributed by atoms with Crippen molar-refractivity contribution in [1.82, 2.24) is 10.2 Å². The molecule has 3 unspecified atom stereocenters. The summed E-state index contributed by atoms with van der Waals surface area (Å²) < 4.78 is 0. The molecule has 0 amide bonds. The highest BCUT2D eigenvalue weighted by atomic mass is 15.2. The first kappa shape index (κ1) is 15.8. The van der Waals surface area contributed by atoms with Crippen molar-refractivity contribution in [2.75, 3.05) is 26.2 Å². The summed E-state index contributed by atoms with van der Waals surface area (Å²) >= 11 is 0. The van der Waals surface area contributed by atoms with Crippen molar-refractivity contribution in [3.63, 3.8) is 0 Å². The first-order valence-corrected chi connectivity index (χ1v) is 9.78. The molecule has 1 N–H and O–H groups in total. The van der Waals surface area contributed by atoms with Crippen LogP contribution < -0.4 is 5.32 Å². The Hall–Kier alpha value is -0.0800. The van der Waals surface area contributed by atoms with Crippen molar-refractivity contribution in [2.45, 2.75) is 77.2 Å². The van der Waals surface area contributed by atoms with Gasteiger partial charge < -0.3 is 10.2 Å². The Kier molecular flexibility index (Phi) is 5.99. The van der Waals surface area contributed by atoms with Crippen LogP contribution in [0.1, 0.15) is 71.1 Å². The quantitative estimate of drug-likeness (QED) is 0.844. The molecular formula is C19H36N2. The molecule has 21 heavy (non-hydrogen) atoms. The molecule has 2 nitrogen and oxygen atoms in total. The second-order valence-corrected chi connectivity index (χ2v) is 8.09. The maximum absolute atomic E-state index is 3.89. The fourth-order valence-electron chi connectivity index (χ4n) is 5.04. The smallest absolute Gasteiger partial charge is 0.0223 e. The molecule has 0 radical (unpaired) electrons. The van der Waals surface area contributed by atoms with E-state index in [0.717, 1.165) is 23.8 Å². The Labute approximate surface area is 132 Å². The van der Waals surface area contributed by atoms with Gasteiger partial charge in [-0.3, -0.25) is 0 Å². The SMILES string of the molecule is CC1CCCCC1CN1CCCNC(C2CCCCC2)C1. The van der Waals surface area contributed by atoms with E-state index in [1.165, 1.54) is 90.4 Å². The van der Waals surface area contributed by atoms with E-state index < -0.39 is 0 Å². The predicted molar refractivity (Wildman–Crippen MR) is 90.5 cm³/mol. The maximum Gasteiger partial charge on any atom is 0.0223 e. The summed E-state index contributed by atoms with van der Waals surface area (Å²) in [6.45, 7) is 7.79. The molecule has 2 heteroatoms. The normalized spacial score (nSPS) is 37.3. The van der Waals surface area contributed by atoms with Crippen molar-refractivity contribution in [3.05, 3.63) is 0 Å². The van der Waals surface area contributed by atoms with Gasteiger partial charge in [-0.1, -0.05) is 45.4 Å². The molecule has 122 valence electrons. The molecule has 3 fully saturated rings. The van der Waals surface area contributed by atoms with Crippen molar-refractivity contribution < 1.29 is 0 Å². The summed E-state index contributed by atoms with van der Waals surface area (Å²) in [6.07, 6.45) is 14.7. The minimum Gasteiger partial charge on any atom is -0.312 e.